The first-order chi connectivity index (χ1) is 7.38. The highest BCUT2D eigenvalue weighted by Gasteiger charge is 2.19. The average molecular weight is 240 g/mol. The third-order valence-electron chi connectivity index (χ3n) is 1.76. The Morgan fingerprint density at radius 1 is 1.50 bits per heavy atom. The molecule has 0 aliphatic carbocycles. The molecular formula is C8H14F2N2O4. The number of nitrogens with one attached hydrogen (secondary N) is 1. The molecule has 0 aliphatic rings. The average Bonchev–Trinajstić information content (AvgIpc) is 2.16. The molecule has 0 heterocycles. The molecule has 0 rings (SSSR count). The van der Waals surface area contributed by atoms with Gasteiger partial charge in [-0.05, 0) is 0 Å². The van der Waals surface area contributed by atoms with E-state index in [0.717, 1.165) is 4.90 Å². The van der Waals surface area contributed by atoms with E-state index >= 15 is 0 Å². The molecule has 0 fully saturated rings. The highest BCUT2D eigenvalue weighted by atomic mass is 19.3. The van der Waals surface area contributed by atoms with Crippen molar-refractivity contribution in [3.05, 3.63) is 0 Å². The molecule has 1 atom stereocenters. The summed E-state index contributed by atoms with van der Waals surface area (Å²) in [4.78, 5) is 22.4. The zero-order valence-corrected chi connectivity index (χ0v) is 8.94. The van der Waals surface area contributed by atoms with Crippen LogP contribution in [0, 0.1) is 0 Å². The van der Waals surface area contributed by atoms with Crippen LogP contribution in [0.25, 0.3) is 0 Å². The lowest BCUT2D eigenvalue weighted by molar-refractivity contribution is -0.148. The highest BCUT2D eigenvalue weighted by molar-refractivity contribution is 5.76. The number of nitrogens with zero attached hydrogens (tertiary/aromatic N) is 1. The standard InChI is InChI=1S/C8H14F2N2O4/c1-12(4-6(9)10)8(15)11-3-5(16-2)7(13)14/h5-6H,3-4H2,1-2H3,(H,11,15)(H,13,14). The van der Waals surface area contributed by atoms with Crippen LogP contribution in [0.15, 0.2) is 0 Å². The molecule has 0 aromatic carbocycles. The molecule has 0 radical (unpaired) electrons. The van der Waals surface area contributed by atoms with Crippen LogP contribution in [0.3, 0.4) is 0 Å². The largest absolute Gasteiger partial charge is 0.479 e. The molecule has 0 aliphatic heterocycles. The van der Waals surface area contributed by atoms with Gasteiger partial charge in [0.1, 0.15) is 0 Å². The third kappa shape index (κ3) is 5.44. The predicted molar refractivity (Wildman–Crippen MR) is 50.5 cm³/mol. The van der Waals surface area contributed by atoms with Gasteiger partial charge in [-0.3, -0.25) is 0 Å². The van der Waals surface area contributed by atoms with Crippen molar-refractivity contribution >= 4 is 12.0 Å². The molecule has 0 aromatic rings. The summed E-state index contributed by atoms with van der Waals surface area (Å²) in [5, 5.41) is 10.7. The van der Waals surface area contributed by atoms with Gasteiger partial charge in [0.2, 0.25) is 0 Å². The number of rotatable bonds is 6. The van der Waals surface area contributed by atoms with Crippen molar-refractivity contribution in [2.24, 2.45) is 0 Å². The molecule has 0 saturated heterocycles. The van der Waals surface area contributed by atoms with Crippen LogP contribution in [-0.2, 0) is 9.53 Å². The first kappa shape index (κ1) is 14.6. The topological polar surface area (TPSA) is 78.9 Å². The molecule has 0 saturated carbocycles. The molecule has 2 amide bonds. The van der Waals surface area contributed by atoms with Gasteiger partial charge in [-0.15, -0.1) is 0 Å². The van der Waals surface area contributed by atoms with Crippen LogP contribution in [0.4, 0.5) is 13.6 Å². The van der Waals surface area contributed by atoms with Crippen molar-refractivity contribution in [2.45, 2.75) is 12.5 Å². The van der Waals surface area contributed by atoms with Crippen molar-refractivity contribution in [1.29, 1.82) is 0 Å². The number of halogens is 2. The second-order valence-electron chi connectivity index (χ2n) is 3.02. The monoisotopic (exact) mass is 240 g/mol. The van der Waals surface area contributed by atoms with E-state index in [9.17, 15) is 18.4 Å². The van der Waals surface area contributed by atoms with Gasteiger partial charge in [-0.25, -0.2) is 18.4 Å². The Morgan fingerprint density at radius 3 is 2.44 bits per heavy atom. The fourth-order valence-corrected chi connectivity index (χ4v) is 0.876. The molecule has 0 aromatic heterocycles. The van der Waals surface area contributed by atoms with E-state index in [0.29, 0.717) is 0 Å². The Kier molecular flexibility index (Phi) is 6.31. The summed E-state index contributed by atoms with van der Waals surface area (Å²) in [5.74, 6) is -1.24. The summed E-state index contributed by atoms with van der Waals surface area (Å²) in [6.45, 7) is -0.991. The third-order valence-corrected chi connectivity index (χ3v) is 1.76. The minimum absolute atomic E-state index is 0.280. The molecule has 16 heavy (non-hydrogen) atoms. The second-order valence-corrected chi connectivity index (χ2v) is 3.02. The number of hydrogen-bond acceptors (Lipinski definition) is 3. The fraction of sp³-hybridized carbons (Fsp3) is 0.750. The van der Waals surface area contributed by atoms with Crippen LogP contribution in [0.2, 0.25) is 0 Å². The van der Waals surface area contributed by atoms with E-state index in [1.54, 1.807) is 0 Å². The van der Waals surface area contributed by atoms with E-state index in [2.05, 4.69) is 10.1 Å². The number of carbonyl (C=O) groups excluding carboxylic acids is 1. The van der Waals surface area contributed by atoms with Gasteiger partial charge >= 0.3 is 12.0 Å². The van der Waals surface area contributed by atoms with E-state index in [1.807, 2.05) is 0 Å². The summed E-state index contributed by atoms with van der Waals surface area (Å²) >= 11 is 0. The van der Waals surface area contributed by atoms with Gasteiger partial charge in [0.15, 0.2) is 6.10 Å². The SMILES string of the molecule is COC(CNC(=O)N(C)CC(F)F)C(=O)O. The Morgan fingerprint density at radius 2 is 2.06 bits per heavy atom. The molecule has 6 nitrogen and oxygen atoms in total. The first-order valence-corrected chi connectivity index (χ1v) is 4.41. The highest BCUT2D eigenvalue weighted by Crippen LogP contribution is 1.96. The van der Waals surface area contributed by atoms with Gasteiger partial charge in [-0.2, -0.15) is 0 Å². The molecular weight excluding hydrogens is 226 g/mol. The molecule has 0 bridgehead atoms. The van der Waals surface area contributed by atoms with Gasteiger partial charge < -0.3 is 20.1 Å². The molecule has 0 spiro atoms. The van der Waals surface area contributed by atoms with E-state index < -0.39 is 31.1 Å². The Labute approximate surface area is 91.2 Å². The van der Waals surface area contributed by atoms with Crippen LogP contribution in [-0.4, -0.2) is 61.8 Å². The van der Waals surface area contributed by atoms with Crippen molar-refractivity contribution in [2.75, 3.05) is 27.2 Å². The van der Waals surface area contributed by atoms with Crippen molar-refractivity contribution in [1.82, 2.24) is 10.2 Å². The molecule has 8 heteroatoms. The lowest BCUT2D eigenvalue weighted by atomic mass is 10.3. The number of hydrogen-bond donors (Lipinski definition) is 2. The van der Waals surface area contributed by atoms with Crippen molar-refractivity contribution < 1.29 is 28.2 Å². The number of urea groups is 1. The van der Waals surface area contributed by atoms with Crippen LogP contribution in [0.1, 0.15) is 0 Å². The second kappa shape index (κ2) is 6.94. The number of methoxy groups -OCH3 is 1. The molecule has 2 N–H and O–H groups in total. The Hall–Kier alpha value is -1.44. The fourth-order valence-electron chi connectivity index (χ4n) is 0.876. The zero-order valence-electron chi connectivity index (χ0n) is 8.94. The lowest BCUT2D eigenvalue weighted by Gasteiger charge is -2.18. The smallest absolute Gasteiger partial charge is 0.334 e. The summed E-state index contributed by atoms with van der Waals surface area (Å²) in [7, 11) is 2.36. The number of carboxylic acid groups (broad SMARTS) is 1. The summed E-state index contributed by atoms with van der Waals surface area (Å²) in [6.07, 6.45) is -3.82. The quantitative estimate of drug-likeness (QED) is 0.684. The van der Waals surface area contributed by atoms with E-state index in [-0.39, 0.29) is 6.54 Å². The van der Waals surface area contributed by atoms with E-state index in [4.69, 9.17) is 5.11 Å². The normalized spacial score (nSPS) is 12.3. The summed E-state index contributed by atoms with van der Waals surface area (Å²) < 4.78 is 28.3. The van der Waals surface area contributed by atoms with Crippen molar-refractivity contribution in [3.8, 4) is 0 Å². The minimum atomic E-state index is -2.63. The number of ether oxygens (including phenoxy) is 1. The molecule has 94 valence electrons. The maximum absolute atomic E-state index is 11.9. The zero-order chi connectivity index (χ0) is 12.7. The number of aliphatic carboxylic acids is 1. The molecule has 1 unspecified atom stereocenters. The Balaban J connectivity index is 4.00. The minimum Gasteiger partial charge on any atom is -0.479 e. The number of carboxylic acids is 1. The Bertz CT molecular complexity index is 250. The van der Waals surface area contributed by atoms with Crippen LogP contribution < -0.4 is 5.32 Å². The number of alkyl halides is 2. The van der Waals surface area contributed by atoms with E-state index in [1.165, 1.54) is 14.2 Å². The van der Waals surface area contributed by atoms with Crippen LogP contribution >= 0.6 is 0 Å². The van der Waals surface area contributed by atoms with Gasteiger partial charge in [-0.1, -0.05) is 0 Å². The maximum atomic E-state index is 11.9. The maximum Gasteiger partial charge on any atom is 0.334 e. The summed E-state index contributed by atoms with van der Waals surface area (Å²) in [6, 6.07) is -0.774. The van der Waals surface area contributed by atoms with Gasteiger partial charge in [0.25, 0.3) is 6.43 Å². The van der Waals surface area contributed by atoms with Crippen molar-refractivity contribution in [3.63, 3.8) is 0 Å². The number of amides is 2. The predicted octanol–water partition coefficient (Wildman–Crippen LogP) is -0.00750. The van der Waals surface area contributed by atoms with Gasteiger partial charge in [0, 0.05) is 14.2 Å². The first-order valence-electron chi connectivity index (χ1n) is 4.41. The lowest BCUT2D eigenvalue weighted by Crippen LogP contribution is -2.44. The van der Waals surface area contributed by atoms with Gasteiger partial charge in [0.05, 0.1) is 13.1 Å². The number of carbonyl (C=O) groups is 2. The summed E-state index contributed by atoms with van der Waals surface area (Å²) in [5.41, 5.74) is 0. The van der Waals surface area contributed by atoms with Crippen LogP contribution in [0.5, 0.6) is 0 Å².